The van der Waals surface area contributed by atoms with Gasteiger partial charge in [-0.05, 0) is 44.6 Å². The average Bonchev–Trinajstić information content (AvgIpc) is 2.87. The number of unbranched alkanes of at least 4 members (excludes halogenated alkanes) is 3. The van der Waals surface area contributed by atoms with Crippen LogP contribution in [0, 0.1) is 5.92 Å². The Hall–Kier alpha value is -0.120. The molecule has 1 aliphatic rings. The molecule has 2 N–H and O–H groups in total. The van der Waals surface area contributed by atoms with Crippen LogP contribution in [0.2, 0.25) is 0 Å². The minimum atomic E-state index is -0.0262. The molecule has 0 amide bonds. The van der Waals surface area contributed by atoms with Crippen LogP contribution >= 0.6 is 0 Å². The van der Waals surface area contributed by atoms with Gasteiger partial charge >= 0.3 is 0 Å². The van der Waals surface area contributed by atoms with Crippen molar-refractivity contribution in [1.82, 2.24) is 5.32 Å². The van der Waals surface area contributed by atoms with Crippen LogP contribution in [0.5, 0.6) is 0 Å². The summed E-state index contributed by atoms with van der Waals surface area (Å²) in [6.07, 6.45) is 10.9. The molecule has 0 saturated heterocycles. The van der Waals surface area contributed by atoms with Crippen molar-refractivity contribution in [3.8, 4) is 0 Å². The summed E-state index contributed by atoms with van der Waals surface area (Å²) in [7, 11) is 0. The molecule has 20 heavy (non-hydrogen) atoms. The van der Waals surface area contributed by atoms with Gasteiger partial charge in [0.2, 0.25) is 0 Å². The Balaban J connectivity index is 2.20. The van der Waals surface area contributed by atoms with Gasteiger partial charge in [-0.15, -0.1) is 0 Å². The Labute approximate surface area is 125 Å². The van der Waals surface area contributed by atoms with Crippen molar-refractivity contribution in [2.24, 2.45) is 5.92 Å². The van der Waals surface area contributed by atoms with Gasteiger partial charge in [-0.3, -0.25) is 0 Å². The minimum absolute atomic E-state index is 0.0262. The lowest BCUT2D eigenvalue weighted by Gasteiger charge is -2.35. The molecule has 1 fully saturated rings. The molecule has 0 aromatic heterocycles. The summed E-state index contributed by atoms with van der Waals surface area (Å²) >= 11 is 0. The third kappa shape index (κ3) is 5.71. The van der Waals surface area contributed by atoms with E-state index in [2.05, 4.69) is 19.2 Å². The van der Waals surface area contributed by atoms with Crippen molar-refractivity contribution in [2.45, 2.75) is 77.2 Å². The van der Waals surface area contributed by atoms with Crippen molar-refractivity contribution in [3.63, 3.8) is 0 Å². The van der Waals surface area contributed by atoms with Crippen molar-refractivity contribution in [1.29, 1.82) is 0 Å². The number of ether oxygens (including phenoxy) is 1. The molecule has 0 aromatic rings. The first-order valence-corrected chi connectivity index (χ1v) is 8.72. The summed E-state index contributed by atoms with van der Waals surface area (Å²) < 4.78 is 5.78. The van der Waals surface area contributed by atoms with E-state index in [9.17, 15) is 5.11 Å². The summed E-state index contributed by atoms with van der Waals surface area (Å²) in [5.74, 6) is 0.578. The maximum atomic E-state index is 9.81. The zero-order valence-corrected chi connectivity index (χ0v) is 13.6. The van der Waals surface area contributed by atoms with Crippen molar-refractivity contribution in [3.05, 3.63) is 0 Å². The lowest BCUT2D eigenvalue weighted by Crippen LogP contribution is -2.51. The van der Waals surface area contributed by atoms with E-state index in [4.69, 9.17) is 4.74 Å². The van der Waals surface area contributed by atoms with Crippen LogP contribution in [-0.2, 0) is 4.74 Å². The molecule has 2 atom stereocenters. The van der Waals surface area contributed by atoms with Crippen LogP contribution in [0.15, 0.2) is 0 Å². The van der Waals surface area contributed by atoms with Crippen LogP contribution in [0.25, 0.3) is 0 Å². The van der Waals surface area contributed by atoms with E-state index < -0.39 is 0 Å². The van der Waals surface area contributed by atoms with E-state index in [0.717, 1.165) is 39.0 Å². The zero-order valence-electron chi connectivity index (χ0n) is 13.6. The number of aliphatic hydroxyl groups is 1. The monoisotopic (exact) mass is 285 g/mol. The van der Waals surface area contributed by atoms with Crippen LogP contribution in [0.4, 0.5) is 0 Å². The minimum Gasteiger partial charge on any atom is -0.394 e. The summed E-state index contributed by atoms with van der Waals surface area (Å²) in [5.41, 5.74) is -0.0262. The van der Waals surface area contributed by atoms with E-state index >= 15 is 0 Å². The maximum absolute atomic E-state index is 9.81. The smallest absolute Gasteiger partial charge is 0.0616 e. The topological polar surface area (TPSA) is 41.5 Å². The van der Waals surface area contributed by atoms with Gasteiger partial charge in [0.05, 0.1) is 6.61 Å². The van der Waals surface area contributed by atoms with Crippen LogP contribution in [0.1, 0.15) is 71.6 Å². The highest BCUT2D eigenvalue weighted by atomic mass is 16.5. The standard InChI is InChI=1S/C17H35NO2/c1-3-5-6-7-13-20-14-10-16-9-8-11-17(16,15-19)18-12-4-2/h16,18-19H,3-15H2,1-2H3. The number of rotatable bonds is 12. The fraction of sp³-hybridized carbons (Fsp3) is 1.00. The SMILES string of the molecule is CCCCCCOCCC1CCCC1(CO)NCCC. The fourth-order valence-corrected chi connectivity index (χ4v) is 3.39. The largest absolute Gasteiger partial charge is 0.394 e. The molecule has 0 aliphatic heterocycles. The predicted molar refractivity (Wildman–Crippen MR) is 85.0 cm³/mol. The molecule has 0 aromatic carbocycles. The molecule has 3 heteroatoms. The van der Waals surface area contributed by atoms with Crippen molar-refractivity contribution >= 4 is 0 Å². The Morgan fingerprint density at radius 1 is 1.15 bits per heavy atom. The second-order valence-corrected chi connectivity index (χ2v) is 6.29. The maximum Gasteiger partial charge on any atom is 0.0616 e. The Bertz CT molecular complexity index is 235. The molecular formula is C17H35NO2. The second kappa shape index (κ2) is 10.6. The summed E-state index contributed by atoms with van der Waals surface area (Å²) in [5, 5.41) is 13.4. The molecular weight excluding hydrogens is 250 g/mol. The van der Waals surface area contributed by atoms with Crippen molar-refractivity contribution < 1.29 is 9.84 Å². The highest BCUT2D eigenvalue weighted by Gasteiger charge is 2.41. The third-order valence-corrected chi connectivity index (χ3v) is 4.72. The normalized spacial score (nSPS) is 26.2. The molecule has 120 valence electrons. The van der Waals surface area contributed by atoms with E-state index in [1.165, 1.54) is 38.5 Å². The van der Waals surface area contributed by atoms with Gasteiger partial charge in [0.1, 0.15) is 0 Å². The van der Waals surface area contributed by atoms with Gasteiger partial charge in [-0.2, -0.15) is 0 Å². The molecule has 3 nitrogen and oxygen atoms in total. The number of hydrogen-bond donors (Lipinski definition) is 2. The summed E-state index contributed by atoms with van der Waals surface area (Å²) in [6.45, 7) is 7.46. The molecule has 0 bridgehead atoms. The van der Waals surface area contributed by atoms with Gasteiger partial charge in [0, 0.05) is 18.8 Å². The fourth-order valence-electron chi connectivity index (χ4n) is 3.39. The summed E-state index contributed by atoms with van der Waals surface area (Å²) in [6, 6.07) is 0. The van der Waals surface area contributed by atoms with E-state index in [1.54, 1.807) is 0 Å². The first kappa shape index (κ1) is 17.9. The molecule has 0 heterocycles. The van der Waals surface area contributed by atoms with Gasteiger partial charge < -0.3 is 15.2 Å². The van der Waals surface area contributed by atoms with Crippen LogP contribution in [0.3, 0.4) is 0 Å². The van der Waals surface area contributed by atoms with Crippen LogP contribution in [-0.4, -0.2) is 37.0 Å². The lowest BCUT2D eigenvalue weighted by atomic mass is 9.85. The van der Waals surface area contributed by atoms with E-state index in [0.29, 0.717) is 5.92 Å². The van der Waals surface area contributed by atoms with Gasteiger partial charge in [-0.25, -0.2) is 0 Å². The Morgan fingerprint density at radius 3 is 2.70 bits per heavy atom. The van der Waals surface area contributed by atoms with Crippen LogP contribution < -0.4 is 5.32 Å². The van der Waals surface area contributed by atoms with E-state index in [-0.39, 0.29) is 12.1 Å². The first-order valence-electron chi connectivity index (χ1n) is 8.72. The number of aliphatic hydroxyl groups excluding tert-OH is 1. The molecule has 0 radical (unpaired) electrons. The van der Waals surface area contributed by atoms with Crippen molar-refractivity contribution in [2.75, 3.05) is 26.4 Å². The molecule has 1 aliphatic carbocycles. The quantitative estimate of drug-likeness (QED) is 0.539. The molecule has 0 spiro atoms. The number of hydrogen-bond acceptors (Lipinski definition) is 3. The molecule has 1 rings (SSSR count). The highest BCUT2D eigenvalue weighted by molar-refractivity contribution is 4.98. The third-order valence-electron chi connectivity index (χ3n) is 4.72. The Kier molecular flexibility index (Phi) is 9.49. The summed E-state index contributed by atoms with van der Waals surface area (Å²) in [4.78, 5) is 0. The zero-order chi connectivity index (χ0) is 14.7. The lowest BCUT2D eigenvalue weighted by molar-refractivity contribution is 0.0775. The van der Waals surface area contributed by atoms with Gasteiger partial charge in [-0.1, -0.05) is 39.5 Å². The first-order chi connectivity index (χ1) is 9.79. The van der Waals surface area contributed by atoms with Gasteiger partial charge in [0.25, 0.3) is 0 Å². The molecule has 1 saturated carbocycles. The second-order valence-electron chi connectivity index (χ2n) is 6.29. The average molecular weight is 285 g/mol. The van der Waals surface area contributed by atoms with Gasteiger partial charge in [0.15, 0.2) is 0 Å². The Morgan fingerprint density at radius 2 is 2.00 bits per heavy atom. The number of nitrogens with one attached hydrogen (secondary N) is 1. The van der Waals surface area contributed by atoms with E-state index in [1.807, 2.05) is 0 Å². The highest BCUT2D eigenvalue weighted by Crippen LogP contribution is 2.37. The molecule has 2 unspecified atom stereocenters. The predicted octanol–water partition coefficient (Wildman–Crippen LogP) is 3.50.